The smallest absolute Gasteiger partial charge is 0.329 e. The first-order chi connectivity index (χ1) is 8.78. The van der Waals surface area contributed by atoms with Gasteiger partial charge in [0.1, 0.15) is 11.4 Å². The number of amides is 1. The fourth-order valence-electron chi connectivity index (χ4n) is 1.60. The number of hydrogen-bond acceptors (Lipinski definition) is 4. The summed E-state index contributed by atoms with van der Waals surface area (Å²) in [6.07, 6.45) is -0.0567. The third-order valence-electron chi connectivity index (χ3n) is 2.61. The summed E-state index contributed by atoms with van der Waals surface area (Å²) in [5, 5.41) is 30.0. The van der Waals surface area contributed by atoms with Gasteiger partial charge < -0.3 is 20.6 Å². The van der Waals surface area contributed by atoms with Gasteiger partial charge >= 0.3 is 5.97 Å². The number of carboxylic acid groups (broad SMARTS) is 1. The molecule has 0 bridgehead atoms. The van der Waals surface area contributed by atoms with E-state index in [9.17, 15) is 24.9 Å². The van der Waals surface area contributed by atoms with Crippen LogP contribution in [0.1, 0.15) is 12.5 Å². The van der Waals surface area contributed by atoms with Crippen molar-refractivity contribution in [3.05, 3.63) is 23.8 Å². The van der Waals surface area contributed by atoms with Gasteiger partial charge in [-0.25, -0.2) is 4.79 Å². The summed E-state index contributed by atoms with van der Waals surface area (Å²) in [5.74, 6) is -2.82. The third kappa shape index (κ3) is 3.75. The van der Waals surface area contributed by atoms with Gasteiger partial charge in [0, 0.05) is 6.42 Å². The summed E-state index contributed by atoms with van der Waals surface area (Å²) >= 11 is 5.33. The number of phenols is 2. The molecule has 1 atom stereocenters. The molecular weight excluding hydrogens is 274 g/mol. The topological polar surface area (TPSA) is 107 Å². The predicted molar refractivity (Wildman–Crippen MR) is 68.4 cm³/mol. The highest BCUT2D eigenvalue weighted by Gasteiger charge is 2.35. The summed E-state index contributed by atoms with van der Waals surface area (Å²) in [5.41, 5.74) is -1.09. The van der Waals surface area contributed by atoms with Crippen molar-refractivity contribution in [2.24, 2.45) is 0 Å². The van der Waals surface area contributed by atoms with Crippen LogP contribution in [0.4, 0.5) is 0 Å². The molecular formula is C12H14ClNO5. The normalized spacial score (nSPS) is 13.6. The molecule has 0 spiro atoms. The molecule has 104 valence electrons. The lowest BCUT2D eigenvalue weighted by atomic mass is 9.92. The van der Waals surface area contributed by atoms with Gasteiger partial charge in [-0.05, 0) is 24.6 Å². The number of hydrogen-bond donors (Lipinski definition) is 4. The second-order valence-electron chi connectivity index (χ2n) is 4.32. The fraction of sp³-hybridized carbons (Fsp3) is 0.333. The van der Waals surface area contributed by atoms with Gasteiger partial charge in [0.2, 0.25) is 5.91 Å². The Hall–Kier alpha value is -1.95. The van der Waals surface area contributed by atoms with E-state index in [1.165, 1.54) is 25.1 Å². The molecule has 0 unspecified atom stereocenters. The summed E-state index contributed by atoms with van der Waals surface area (Å²) in [4.78, 5) is 22.5. The Morgan fingerprint density at radius 3 is 2.42 bits per heavy atom. The molecule has 19 heavy (non-hydrogen) atoms. The summed E-state index contributed by atoms with van der Waals surface area (Å²) in [6.45, 7) is 1.34. The zero-order valence-electron chi connectivity index (χ0n) is 10.2. The molecule has 0 aromatic heterocycles. The maximum atomic E-state index is 11.3. The Kier molecular flexibility index (Phi) is 4.61. The van der Waals surface area contributed by atoms with Gasteiger partial charge in [-0.15, -0.1) is 11.6 Å². The van der Waals surface area contributed by atoms with Gasteiger partial charge in [-0.2, -0.15) is 0 Å². The average Bonchev–Trinajstić information content (AvgIpc) is 2.33. The number of halogens is 1. The minimum Gasteiger partial charge on any atom is -0.504 e. The van der Waals surface area contributed by atoms with Crippen LogP contribution in [-0.2, 0) is 16.0 Å². The Labute approximate surface area is 114 Å². The lowest BCUT2D eigenvalue weighted by molar-refractivity contribution is -0.146. The van der Waals surface area contributed by atoms with E-state index >= 15 is 0 Å². The van der Waals surface area contributed by atoms with Gasteiger partial charge in [-0.3, -0.25) is 4.79 Å². The Bertz CT molecular complexity index is 505. The van der Waals surface area contributed by atoms with Gasteiger partial charge in [0.05, 0.1) is 0 Å². The average molecular weight is 288 g/mol. The highest BCUT2D eigenvalue weighted by atomic mass is 35.5. The minimum atomic E-state index is -1.55. The fourth-order valence-corrected chi connectivity index (χ4v) is 1.67. The molecule has 1 amide bonds. The van der Waals surface area contributed by atoms with Crippen molar-refractivity contribution in [3.63, 3.8) is 0 Å². The zero-order chi connectivity index (χ0) is 14.6. The monoisotopic (exact) mass is 287 g/mol. The van der Waals surface area contributed by atoms with Crippen molar-refractivity contribution in [3.8, 4) is 11.5 Å². The van der Waals surface area contributed by atoms with E-state index in [2.05, 4.69) is 5.32 Å². The van der Waals surface area contributed by atoms with Crippen LogP contribution in [0.15, 0.2) is 18.2 Å². The number of carbonyl (C=O) groups is 2. The molecule has 0 saturated carbocycles. The number of carbonyl (C=O) groups excluding carboxylic acids is 1. The van der Waals surface area contributed by atoms with E-state index in [0.29, 0.717) is 5.56 Å². The molecule has 0 saturated heterocycles. The molecule has 1 aromatic carbocycles. The van der Waals surface area contributed by atoms with Crippen LogP contribution in [0, 0.1) is 0 Å². The van der Waals surface area contributed by atoms with E-state index in [4.69, 9.17) is 11.6 Å². The molecule has 6 nitrogen and oxygen atoms in total. The van der Waals surface area contributed by atoms with Crippen LogP contribution in [-0.4, -0.2) is 38.6 Å². The zero-order valence-corrected chi connectivity index (χ0v) is 10.9. The minimum absolute atomic E-state index is 0.0567. The van der Waals surface area contributed by atoms with Crippen molar-refractivity contribution in [1.29, 1.82) is 0 Å². The van der Waals surface area contributed by atoms with Crippen molar-refractivity contribution in [2.45, 2.75) is 18.9 Å². The number of aromatic hydroxyl groups is 2. The highest BCUT2D eigenvalue weighted by molar-refractivity contribution is 6.27. The molecule has 0 heterocycles. The van der Waals surface area contributed by atoms with Crippen molar-refractivity contribution < 1.29 is 24.9 Å². The van der Waals surface area contributed by atoms with Crippen LogP contribution in [0.2, 0.25) is 0 Å². The van der Waals surface area contributed by atoms with Crippen LogP contribution < -0.4 is 5.32 Å². The van der Waals surface area contributed by atoms with Crippen molar-refractivity contribution in [1.82, 2.24) is 5.32 Å². The van der Waals surface area contributed by atoms with Crippen LogP contribution in [0.25, 0.3) is 0 Å². The number of nitrogens with one attached hydrogen (secondary N) is 1. The Balaban J connectivity index is 2.98. The number of phenolic OH excluding ortho intramolecular Hbond substituents is 2. The number of carboxylic acids is 1. The standard InChI is InChI=1S/C12H14ClNO5/c1-12(11(18)19,14-10(17)6-13)5-7-2-3-8(15)9(16)4-7/h2-4,15-16H,5-6H2,1H3,(H,14,17)(H,18,19)/t12-/m0/s1. The first-order valence-corrected chi connectivity index (χ1v) is 5.93. The maximum Gasteiger partial charge on any atom is 0.329 e. The first-order valence-electron chi connectivity index (χ1n) is 5.40. The van der Waals surface area contributed by atoms with E-state index < -0.39 is 17.4 Å². The van der Waals surface area contributed by atoms with E-state index in [1.807, 2.05) is 0 Å². The SMILES string of the molecule is C[C@@](Cc1ccc(O)c(O)c1)(NC(=O)CCl)C(=O)O. The molecule has 0 fully saturated rings. The quantitative estimate of drug-likeness (QED) is 0.474. The molecule has 1 rings (SSSR count). The number of benzene rings is 1. The lowest BCUT2D eigenvalue weighted by Gasteiger charge is -2.26. The third-order valence-corrected chi connectivity index (χ3v) is 2.85. The molecule has 1 aromatic rings. The molecule has 0 aliphatic rings. The first kappa shape index (κ1) is 15.1. The van der Waals surface area contributed by atoms with Crippen LogP contribution in [0.5, 0.6) is 11.5 Å². The predicted octanol–water partition coefficient (Wildman–Crippen LogP) is 0.839. The van der Waals surface area contributed by atoms with Crippen LogP contribution >= 0.6 is 11.6 Å². The Morgan fingerprint density at radius 1 is 1.32 bits per heavy atom. The molecule has 0 radical (unpaired) electrons. The summed E-state index contributed by atoms with van der Waals surface area (Å²) < 4.78 is 0. The highest BCUT2D eigenvalue weighted by Crippen LogP contribution is 2.26. The maximum absolute atomic E-state index is 11.3. The molecule has 4 N–H and O–H groups in total. The molecule has 7 heteroatoms. The van der Waals surface area contributed by atoms with Crippen LogP contribution in [0.3, 0.4) is 0 Å². The number of alkyl halides is 1. The van der Waals surface area contributed by atoms with Crippen molar-refractivity contribution >= 4 is 23.5 Å². The molecule has 0 aliphatic heterocycles. The lowest BCUT2D eigenvalue weighted by Crippen LogP contribution is -2.54. The second-order valence-corrected chi connectivity index (χ2v) is 4.59. The summed E-state index contributed by atoms with van der Waals surface area (Å²) in [7, 11) is 0. The van der Waals surface area contributed by atoms with E-state index in [1.54, 1.807) is 0 Å². The van der Waals surface area contributed by atoms with Gasteiger partial charge in [0.15, 0.2) is 11.5 Å². The van der Waals surface area contributed by atoms with E-state index in [0.717, 1.165) is 0 Å². The number of rotatable bonds is 5. The summed E-state index contributed by atoms with van der Waals surface area (Å²) in [6, 6.07) is 3.95. The van der Waals surface area contributed by atoms with E-state index in [-0.39, 0.29) is 23.8 Å². The largest absolute Gasteiger partial charge is 0.504 e. The van der Waals surface area contributed by atoms with Gasteiger partial charge in [-0.1, -0.05) is 6.07 Å². The molecule has 0 aliphatic carbocycles. The second kappa shape index (κ2) is 5.79. The van der Waals surface area contributed by atoms with Crippen molar-refractivity contribution in [2.75, 3.05) is 5.88 Å². The Morgan fingerprint density at radius 2 is 1.95 bits per heavy atom. The van der Waals surface area contributed by atoms with Gasteiger partial charge in [0.25, 0.3) is 0 Å². The number of aliphatic carboxylic acids is 1.